The maximum Gasteiger partial charge on any atom is 0.210 e. The van der Waals surface area contributed by atoms with E-state index in [4.69, 9.17) is 4.42 Å². The highest BCUT2D eigenvalue weighted by atomic mass is 32.2. The molecule has 0 saturated heterocycles. The van der Waals surface area contributed by atoms with Gasteiger partial charge in [-0.1, -0.05) is 110 Å². The van der Waals surface area contributed by atoms with Crippen LogP contribution in [0.1, 0.15) is 101 Å². The number of rotatable bonds is 9. The van der Waals surface area contributed by atoms with E-state index in [2.05, 4.69) is 114 Å². The average molecular weight is 671 g/mol. The molecule has 252 valence electrons. The summed E-state index contributed by atoms with van der Waals surface area (Å²) in [5, 5.41) is 5.48. The second-order valence-corrected chi connectivity index (χ2v) is 15.0. The highest BCUT2D eigenvalue weighted by Gasteiger charge is 2.23. The molecule has 0 fully saturated rings. The van der Waals surface area contributed by atoms with Crippen molar-refractivity contribution >= 4 is 39.1 Å². The molecule has 49 heavy (non-hydrogen) atoms. The molecular weight excluding hydrogens is 625 g/mol. The molecule has 1 heterocycles. The van der Waals surface area contributed by atoms with E-state index in [1.165, 1.54) is 22.3 Å². The van der Waals surface area contributed by atoms with Gasteiger partial charge in [-0.3, -0.25) is 4.21 Å². The lowest BCUT2D eigenvalue weighted by Crippen LogP contribution is -2.71. The van der Waals surface area contributed by atoms with E-state index in [1.807, 2.05) is 36.4 Å². The van der Waals surface area contributed by atoms with Gasteiger partial charge >= 0.3 is 0 Å². The van der Waals surface area contributed by atoms with Crippen LogP contribution in [0.4, 0.5) is 17.1 Å². The van der Waals surface area contributed by atoms with E-state index in [9.17, 15) is 8.76 Å². The van der Waals surface area contributed by atoms with Crippen LogP contribution >= 0.6 is 0 Å². The third kappa shape index (κ3) is 6.85. The fraction of sp³-hybridized carbons (Fsp3) is 0.279. The predicted molar refractivity (Wildman–Crippen MR) is 202 cm³/mol. The lowest BCUT2D eigenvalue weighted by molar-refractivity contribution is -0.404. The largest absolute Gasteiger partial charge is 0.768 e. The molecule has 0 aromatic heterocycles. The minimum Gasteiger partial charge on any atom is -0.768 e. The van der Waals surface area contributed by atoms with Crippen LogP contribution in [-0.4, -0.2) is 8.76 Å². The zero-order valence-electron chi connectivity index (χ0n) is 29.7. The normalized spacial score (nSPS) is 13.0. The lowest BCUT2D eigenvalue weighted by Gasteiger charge is -2.22. The molecule has 2 N–H and O–H groups in total. The first-order valence-corrected chi connectivity index (χ1v) is 18.3. The van der Waals surface area contributed by atoms with E-state index in [-0.39, 0.29) is 4.90 Å². The van der Waals surface area contributed by atoms with Gasteiger partial charge < -0.3 is 14.3 Å². The Balaban J connectivity index is 1.62. The smallest absolute Gasteiger partial charge is 0.210 e. The minimum atomic E-state index is -2.42. The van der Waals surface area contributed by atoms with Crippen molar-refractivity contribution in [3.8, 4) is 22.5 Å². The molecule has 2 aliphatic rings. The Morgan fingerprint density at radius 2 is 1.24 bits per heavy atom. The molecule has 6 heteroatoms. The summed E-state index contributed by atoms with van der Waals surface area (Å²) in [7, 11) is 0. The van der Waals surface area contributed by atoms with E-state index in [0.29, 0.717) is 40.6 Å². The molecule has 0 bridgehead atoms. The van der Waals surface area contributed by atoms with E-state index in [0.717, 1.165) is 38.9 Å². The predicted octanol–water partition coefficient (Wildman–Crippen LogP) is 9.99. The summed E-state index contributed by atoms with van der Waals surface area (Å²) in [4.78, 5) is 3.99. The Morgan fingerprint density at radius 1 is 0.653 bits per heavy atom. The van der Waals surface area contributed by atoms with Gasteiger partial charge in [-0.2, -0.15) is 0 Å². The summed E-state index contributed by atoms with van der Waals surface area (Å²) in [6.07, 6.45) is 0. The van der Waals surface area contributed by atoms with Crippen molar-refractivity contribution in [2.75, 3.05) is 5.32 Å². The number of para-hydroxylation sites is 2. The second-order valence-electron chi connectivity index (χ2n) is 14.1. The molecule has 6 rings (SSSR count). The highest BCUT2D eigenvalue weighted by Crippen LogP contribution is 2.43. The van der Waals surface area contributed by atoms with Gasteiger partial charge in [0.1, 0.15) is 11.3 Å². The molecule has 1 unspecified atom stereocenters. The zero-order valence-corrected chi connectivity index (χ0v) is 30.5. The number of anilines is 2. The Kier molecular flexibility index (Phi) is 9.91. The van der Waals surface area contributed by atoms with Gasteiger partial charge in [0.05, 0.1) is 6.07 Å². The van der Waals surface area contributed by atoms with Crippen LogP contribution in [0.3, 0.4) is 0 Å². The number of hydrogen-bond donors (Lipinski definition) is 2. The van der Waals surface area contributed by atoms with Crippen molar-refractivity contribution in [2.24, 2.45) is 0 Å². The third-order valence-corrected chi connectivity index (χ3v) is 10.1. The standard InChI is InChI=1S/C43H46N2O3S/c1-25(2)31-14-11-15-32(26(3)4)42(31)44-29-19-21-35-38(23-29)48-39-24-30(45-43-33(27(5)6)16-12-17-34(43)28(7)8)20-22-36(39)41(35)37-13-9-10-18-40(37)49(46)47/h9-28,44H,1-8H3,(H,46,47). The SMILES string of the molecule is CC(C)c1cccc(C(C)C)c1Nc1ccc2c(-c3ccccc3S(=O)[O-])c3ccc(=[NH+]c4c(C(C)C)cccc4C(C)C)cc-3oc2c1. The molecular formula is C43H46N2O3S. The maximum atomic E-state index is 12.5. The first kappa shape index (κ1) is 34.3. The third-order valence-electron chi connectivity index (χ3n) is 9.34. The fourth-order valence-corrected chi connectivity index (χ4v) is 7.37. The van der Waals surface area contributed by atoms with Crippen LogP contribution in [0.5, 0.6) is 0 Å². The van der Waals surface area contributed by atoms with Crippen LogP contribution in [0.15, 0.2) is 106 Å². The van der Waals surface area contributed by atoms with Gasteiger partial charge in [-0.25, -0.2) is 4.99 Å². The Bertz CT molecular complexity index is 2160. The maximum absolute atomic E-state index is 12.5. The summed E-state index contributed by atoms with van der Waals surface area (Å²) in [6.45, 7) is 17.7. The van der Waals surface area contributed by atoms with Crippen LogP contribution in [0.2, 0.25) is 0 Å². The molecule has 0 radical (unpaired) electrons. The van der Waals surface area contributed by atoms with Gasteiger partial charge in [0.15, 0.2) is 0 Å². The summed E-state index contributed by atoms with van der Waals surface area (Å²) in [5.74, 6) is 2.03. The fourth-order valence-electron chi connectivity index (χ4n) is 6.83. The van der Waals surface area contributed by atoms with Gasteiger partial charge in [0, 0.05) is 56.0 Å². The molecule has 5 nitrogen and oxygen atoms in total. The molecule has 1 aliphatic carbocycles. The van der Waals surface area contributed by atoms with Crippen molar-refractivity contribution < 1.29 is 18.2 Å². The summed E-state index contributed by atoms with van der Waals surface area (Å²) in [5.41, 5.74) is 11.1. The van der Waals surface area contributed by atoms with Crippen molar-refractivity contribution in [1.82, 2.24) is 0 Å². The van der Waals surface area contributed by atoms with Crippen molar-refractivity contribution in [2.45, 2.75) is 84.0 Å². The van der Waals surface area contributed by atoms with E-state index < -0.39 is 11.1 Å². The molecule has 4 aromatic carbocycles. The lowest BCUT2D eigenvalue weighted by atomic mass is 9.92. The highest BCUT2D eigenvalue weighted by molar-refractivity contribution is 7.79. The Hall–Kier alpha value is -4.52. The van der Waals surface area contributed by atoms with E-state index >= 15 is 0 Å². The van der Waals surface area contributed by atoms with Gasteiger partial charge in [0.25, 0.3) is 0 Å². The first-order valence-electron chi connectivity index (χ1n) is 17.3. The van der Waals surface area contributed by atoms with Crippen molar-refractivity contribution in [1.29, 1.82) is 0 Å². The zero-order chi connectivity index (χ0) is 35.0. The van der Waals surface area contributed by atoms with Crippen LogP contribution < -0.4 is 15.7 Å². The first-order chi connectivity index (χ1) is 23.4. The summed E-state index contributed by atoms with van der Waals surface area (Å²) >= 11 is -2.42. The molecule has 4 aromatic rings. The van der Waals surface area contributed by atoms with Gasteiger partial charge in [-0.15, -0.1) is 0 Å². The number of fused-ring (bicyclic) bond motifs is 2. The van der Waals surface area contributed by atoms with Crippen molar-refractivity contribution in [3.05, 3.63) is 125 Å². The summed E-state index contributed by atoms with van der Waals surface area (Å²) < 4.78 is 31.7. The quantitative estimate of drug-likeness (QED) is 0.119. The number of nitrogens with one attached hydrogen (secondary N) is 2. The second kappa shape index (κ2) is 14.1. The Morgan fingerprint density at radius 3 is 1.84 bits per heavy atom. The topological polar surface area (TPSA) is 79.3 Å². The number of benzene rings is 5. The van der Waals surface area contributed by atoms with Crippen molar-refractivity contribution in [3.63, 3.8) is 0 Å². The van der Waals surface area contributed by atoms with E-state index in [1.54, 1.807) is 12.1 Å². The van der Waals surface area contributed by atoms with Crippen LogP contribution in [0.25, 0.3) is 33.4 Å². The molecule has 0 amide bonds. The molecule has 0 saturated carbocycles. The molecule has 1 atom stereocenters. The number of hydrogen-bond acceptors (Lipinski definition) is 4. The van der Waals surface area contributed by atoms with Gasteiger partial charge in [0.2, 0.25) is 11.0 Å². The monoisotopic (exact) mass is 670 g/mol. The average Bonchev–Trinajstić information content (AvgIpc) is 3.06. The molecule has 0 spiro atoms. The summed E-state index contributed by atoms with van der Waals surface area (Å²) in [6, 6.07) is 32.4. The van der Waals surface area contributed by atoms with Crippen LogP contribution in [-0.2, 0) is 11.1 Å². The minimum absolute atomic E-state index is 0.251. The van der Waals surface area contributed by atoms with Crippen LogP contribution in [0, 0.1) is 0 Å². The van der Waals surface area contributed by atoms with Gasteiger partial charge in [-0.05, 0) is 75.7 Å². The Labute approximate surface area is 292 Å². The molecule has 1 aliphatic heterocycles.